The average Bonchev–Trinajstić information content (AvgIpc) is 2.38. The molecule has 3 nitrogen and oxygen atoms in total. The fraction of sp³-hybridized carbons (Fsp3) is 0.643. The van der Waals surface area contributed by atoms with Crippen molar-refractivity contribution in [1.82, 2.24) is 15.2 Å². The zero-order valence-electron chi connectivity index (χ0n) is 11.0. The quantitative estimate of drug-likeness (QED) is 0.868. The molecule has 18 heavy (non-hydrogen) atoms. The molecule has 2 rings (SSSR count). The number of piperidine rings is 1. The van der Waals surface area contributed by atoms with Crippen LogP contribution in [0.15, 0.2) is 18.5 Å². The highest BCUT2D eigenvalue weighted by Gasteiger charge is 2.18. The van der Waals surface area contributed by atoms with E-state index in [9.17, 15) is 4.39 Å². The van der Waals surface area contributed by atoms with Crippen molar-refractivity contribution in [2.24, 2.45) is 5.92 Å². The van der Waals surface area contributed by atoms with Gasteiger partial charge in [-0.2, -0.15) is 0 Å². The van der Waals surface area contributed by atoms with Gasteiger partial charge < -0.3 is 5.32 Å². The molecule has 0 aromatic carbocycles. The van der Waals surface area contributed by atoms with E-state index in [1.54, 1.807) is 12.3 Å². The van der Waals surface area contributed by atoms with Crippen LogP contribution in [-0.4, -0.2) is 36.6 Å². The first-order valence-corrected chi connectivity index (χ1v) is 6.74. The number of nitrogens with one attached hydrogen (secondary N) is 1. The summed E-state index contributed by atoms with van der Waals surface area (Å²) in [6, 6.07) is 1.58. The second kappa shape index (κ2) is 6.81. The van der Waals surface area contributed by atoms with Crippen LogP contribution in [0.25, 0.3) is 0 Å². The smallest absolute Gasteiger partial charge is 0.141 e. The fourth-order valence-corrected chi connectivity index (χ4v) is 2.58. The van der Waals surface area contributed by atoms with E-state index in [0.717, 1.165) is 37.7 Å². The first-order valence-electron chi connectivity index (χ1n) is 6.74. The minimum absolute atomic E-state index is 0.239. The average molecular weight is 251 g/mol. The van der Waals surface area contributed by atoms with Crippen LogP contribution in [0.2, 0.25) is 0 Å². The Hall–Kier alpha value is -1.00. The SMILES string of the molecule is CNCCC1CCN(Cc2cncc(F)c2)CC1. The van der Waals surface area contributed by atoms with Gasteiger partial charge in [0.2, 0.25) is 0 Å². The Labute approximate surface area is 108 Å². The highest BCUT2D eigenvalue weighted by molar-refractivity contribution is 5.10. The number of halogens is 1. The van der Waals surface area contributed by atoms with E-state index in [2.05, 4.69) is 15.2 Å². The molecule has 4 heteroatoms. The molecule has 1 aliphatic heterocycles. The number of likely N-dealkylation sites (tertiary alicyclic amines) is 1. The topological polar surface area (TPSA) is 28.2 Å². The van der Waals surface area contributed by atoms with E-state index >= 15 is 0 Å². The molecule has 100 valence electrons. The summed E-state index contributed by atoms with van der Waals surface area (Å²) < 4.78 is 13.0. The lowest BCUT2D eigenvalue weighted by molar-refractivity contribution is 0.172. The van der Waals surface area contributed by atoms with Gasteiger partial charge in [0.1, 0.15) is 5.82 Å². The number of hydrogen-bond acceptors (Lipinski definition) is 3. The van der Waals surface area contributed by atoms with E-state index < -0.39 is 0 Å². The monoisotopic (exact) mass is 251 g/mol. The maximum Gasteiger partial charge on any atom is 0.141 e. The van der Waals surface area contributed by atoms with E-state index in [1.807, 2.05) is 7.05 Å². The molecule has 0 bridgehead atoms. The second-order valence-corrected chi connectivity index (χ2v) is 5.12. The summed E-state index contributed by atoms with van der Waals surface area (Å²) in [7, 11) is 2.01. The van der Waals surface area contributed by atoms with Crippen LogP contribution in [0.5, 0.6) is 0 Å². The van der Waals surface area contributed by atoms with Gasteiger partial charge in [0.25, 0.3) is 0 Å². The van der Waals surface area contributed by atoms with Crippen LogP contribution < -0.4 is 5.32 Å². The summed E-state index contributed by atoms with van der Waals surface area (Å²) in [5.74, 6) is 0.607. The third kappa shape index (κ3) is 4.03. The summed E-state index contributed by atoms with van der Waals surface area (Å²) in [4.78, 5) is 6.29. The molecule has 0 aliphatic carbocycles. The molecule has 1 aromatic rings. The molecule has 0 unspecified atom stereocenters. The predicted octanol–water partition coefficient (Wildman–Crippen LogP) is 2.04. The number of pyridine rings is 1. The summed E-state index contributed by atoms with van der Waals surface area (Å²) in [6.07, 6.45) is 6.80. The summed E-state index contributed by atoms with van der Waals surface area (Å²) in [6.45, 7) is 4.16. The largest absolute Gasteiger partial charge is 0.320 e. The predicted molar refractivity (Wildman–Crippen MR) is 70.7 cm³/mol. The van der Waals surface area contributed by atoms with Gasteiger partial charge in [0.05, 0.1) is 6.20 Å². The molecule has 1 saturated heterocycles. The maximum absolute atomic E-state index is 13.0. The Morgan fingerprint density at radius 2 is 2.17 bits per heavy atom. The van der Waals surface area contributed by atoms with E-state index in [0.29, 0.717) is 0 Å². The zero-order chi connectivity index (χ0) is 12.8. The molecular weight excluding hydrogens is 229 g/mol. The highest BCUT2D eigenvalue weighted by Crippen LogP contribution is 2.21. The van der Waals surface area contributed by atoms with Crippen molar-refractivity contribution < 1.29 is 4.39 Å². The van der Waals surface area contributed by atoms with Crippen molar-refractivity contribution in [1.29, 1.82) is 0 Å². The Morgan fingerprint density at radius 3 is 2.83 bits per heavy atom. The summed E-state index contributed by atoms with van der Waals surface area (Å²) in [5, 5.41) is 3.21. The van der Waals surface area contributed by atoms with Crippen molar-refractivity contribution in [2.75, 3.05) is 26.7 Å². The Morgan fingerprint density at radius 1 is 1.39 bits per heavy atom. The molecule has 2 heterocycles. The molecule has 1 aliphatic rings. The van der Waals surface area contributed by atoms with Crippen molar-refractivity contribution in [3.05, 3.63) is 29.8 Å². The van der Waals surface area contributed by atoms with Crippen molar-refractivity contribution >= 4 is 0 Å². The summed E-state index contributed by atoms with van der Waals surface area (Å²) in [5.41, 5.74) is 0.976. The molecular formula is C14H22FN3. The van der Waals surface area contributed by atoms with Crippen LogP contribution in [0.4, 0.5) is 4.39 Å². The standard InChI is InChI=1S/C14H22FN3/c1-16-5-2-12-3-6-18(7-4-12)11-13-8-14(15)10-17-9-13/h8-10,12,16H,2-7,11H2,1H3. The molecule has 0 atom stereocenters. The van der Waals surface area contributed by atoms with Crippen molar-refractivity contribution in [2.45, 2.75) is 25.8 Å². The van der Waals surface area contributed by atoms with Gasteiger partial charge in [-0.1, -0.05) is 0 Å². The van der Waals surface area contributed by atoms with Crippen LogP contribution >= 0.6 is 0 Å². The van der Waals surface area contributed by atoms with Gasteiger partial charge in [0, 0.05) is 12.7 Å². The lowest BCUT2D eigenvalue weighted by Crippen LogP contribution is -2.34. The molecule has 1 fully saturated rings. The first-order chi connectivity index (χ1) is 8.78. The molecule has 0 spiro atoms. The minimum atomic E-state index is -0.239. The van der Waals surface area contributed by atoms with Crippen LogP contribution in [0.1, 0.15) is 24.8 Å². The van der Waals surface area contributed by atoms with Gasteiger partial charge in [-0.25, -0.2) is 4.39 Å². The van der Waals surface area contributed by atoms with Gasteiger partial charge in [-0.05, 0) is 63.5 Å². The van der Waals surface area contributed by atoms with E-state index in [4.69, 9.17) is 0 Å². The number of rotatable bonds is 5. The van der Waals surface area contributed by atoms with Crippen molar-refractivity contribution in [3.63, 3.8) is 0 Å². The van der Waals surface area contributed by atoms with Gasteiger partial charge in [-0.15, -0.1) is 0 Å². The summed E-state index contributed by atoms with van der Waals surface area (Å²) >= 11 is 0. The maximum atomic E-state index is 13.0. The van der Waals surface area contributed by atoms with E-state index in [1.165, 1.54) is 25.5 Å². The number of aromatic nitrogens is 1. The minimum Gasteiger partial charge on any atom is -0.320 e. The lowest BCUT2D eigenvalue weighted by atomic mass is 9.93. The fourth-order valence-electron chi connectivity index (χ4n) is 2.58. The van der Waals surface area contributed by atoms with E-state index in [-0.39, 0.29) is 5.82 Å². The van der Waals surface area contributed by atoms with Crippen LogP contribution in [0, 0.1) is 11.7 Å². The molecule has 1 N–H and O–H groups in total. The Kier molecular flexibility index (Phi) is 5.08. The number of hydrogen-bond donors (Lipinski definition) is 1. The van der Waals surface area contributed by atoms with Crippen LogP contribution in [0.3, 0.4) is 0 Å². The van der Waals surface area contributed by atoms with Gasteiger partial charge >= 0.3 is 0 Å². The highest BCUT2D eigenvalue weighted by atomic mass is 19.1. The third-order valence-corrected chi connectivity index (χ3v) is 3.68. The molecule has 0 saturated carbocycles. The van der Waals surface area contributed by atoms with Gasteiger partial charge in [-0.3, -0.25) is 9.88 Å². The van der Waals surface area contributed by atoms with Crippen LogP contribution in [-0.2, 0) is 6.54 Å². The Balaban J connectivity index is 1.76. The third-order valence-electron chi connectivity index (χ3n) is 3.68. The van der Waals surface area contributed by atoms with Gasteiger partial charge in [0.15, 0.2) is 0 Å². The lowest BCUT2D eigenvalue weighted by Gasteiger charge is -2.31. The normalized spacial score (nSPS) is 18.1. The molecule has 1 aromatic heterocycles. The molecule has 0 radical (unpaired) electrons. The molecule has 0 amide bonds. The van der Waals surface area contributed by atoms with Crippen molar-refractivity contribution in [3.8, 4) is 0 Å². The first kappa shape index (κ1) is 13.4. The number of nitrogens with zero attached hydrogens (tertiary/aromatic N) is 2. The Bertz CT molecular complexity index is 362. The zero-order valence-corrected chi connectivity index (χ0v) is 11.0. The second-order valence-electron chi connectivity index (χ2n) is 5.12.